The van der Waals surface area contributed by atoms with Crippen LogP contribution in [-0.2, 0) is 0 Å². The number of aromatic nitrogens is 1. The number of rotatable bonds is 3. The molecule has 1 aliphatic heterocycles. The number of pyridine rings is 1. The molecule has 0 bridgehead atoms. The predicted octanol–water partition coefficient (Wildman–Crippen LogP) is 1.20. The van der Waals surface area contributed by atoms with E-state index in [0.717, 1.165) is 37.5 Å². The first-order chi connectivity index (χ1) is 8.61. The van der Waals surface area contributed by atoms with Gasteiger partial charge in [0.1, 0.15) is 0 Å². The fourth-order valence-electron chi connectivity index (χ4n) is 2.43. The van der Waals surface area contributed by atoms with Crippen LogP contribution in [0.4, 0.5) is 11.5 Å². The summed E-state index contributed by atoms with van der Waals surface area (Å²) in [5.74, 6) is 1.67. The third-order valence-corrected chi connectivity index (χ3v) is 3.57. The molecule has 1 fully saturated rings. The molecule has 2 rings (SSSR count). The molecule has 1 aromatic rings. The van der Waals surface area contributed by atoms with Gasteiger partial charge in [-0.25, -0.2) is 4.98 Å². The summed E-state index contributed by atoms with van der Waals surface area (Å²) in [6, 6.07) is 2.50. The van der Waals surface area contributed by atoms with Crippen molar-refractivity contribution in [2.75, 3.05) is 44.9 Å². The molecule has 1 saturated heterocycles. The lowest BCUT2D eigenvalue weighted by molar-refractivity contribution is 0.249. The number of nitrogens with zero attached hydrogens (tertiary/aromatic N) is 3. The summed E-state index contributed by atoms with van der Waals surface area (Å²) in [6.45, 7) is 2.02. The SMILES string of the molecule is COc1cc(N)cnc1N1CCC(N(C)C)CC1. The topological polar surface area (TPSA) is 54.6 Å². The summed E-state index contributed by atoms with van der Waals surface area (Å²) in [5, 5.41) is 0. The number of piperidine rings is 1. The number of anilines is 2. The highest BCUT2D eigenvalue weighted by Gasteiger charge is 2.23. The Morgan fingerprint density at radius 2 is 2.06 bits per heavy atom. The maximum absolute atomic E-state index is 5.73. The molecule has 0 aliphatic carbocycles. The Bertz CT molecular complexity index is 400. The molecule has 0 atom stereocenters. The van der Waals surface area contributed by atoms with Gasteiger partial charge in [0.15, 0.2) is 11.6 Å². The average Bonchev–Trinajstić information content (AvgIpc) is 2.38. The van der Waals surface area contributed by atoms with E-state index in [0.29, 0.717) is 11.7 Å². The van der Waals surface area contributed by atoms with E-state index in [1.807, 2.05) is 6.07 Å². The summed E-state index contributed by atoms with van der Waals surface area (Å²) in [5.41, 5.74) is 6.36. The fourth-order valence-corrected chi connectivity index (χ4v) is 2.43. The van der Waals surface area contributed by atoms with Crippen LogP contribution < -0.4 is 15.4 Å². The minimum Gasteiger partial charge on any atom is -0.493 e. The van der Waals surface area contributed by atoms with Crippen molar-refractivity contribution < 1.29 is 4.74 Å². The highest BCUT2D eigenvalue weighted by Crippen LogP contribution is 2.30. The number of nitrogens with two attached hydrogens (primary N) is 1. The summed E-state index contributed by atoms with van der Waals surface area (Å²) >= 11 is 0. The molecule has 5 heteroatoms. The van der Waals surface area contributed by atoms with E-state index in [-0.39, 0.29) is 0 Å². The van der Waals surface area contributed by atoms with Crippen molar-refractivity contribution in [1.82, 2.24) is 9.88 Å². The van der Waals surface area contributed by atoms with Gasteiger partial charge in [-0.1, -0.05) is 0 Å². The number of hydrogen-bond acceptors (Lipinski definition) is 5. The Morgan fingerprint density at radius 3 is 2.61 bits per heavy atom. The van der Waals surface area contributed by atoms with E-state index >= 15 is 0 Å². The maximum atomic E-state index is 5.73. The molecule has 100 valence electrons. The molecule has 18 heavy (non-hydrogen) atoms. The van der Waals surface area contributed by atoms with Crippen LogP contribution in [0, 0.1) is 0 Å². The zero-order valence-corrected chi connectivity index (χ0v) is 11.4. The Morgan fingerprint density at radius 1 is 1.39 bits per heavy atom. The van der Waals surface area contributed by atoms with Gasteiger partial charge in [0.2, 0.25) is 0 Å². The lowest BCUT2D eigenvalue weighted by Gasteiger charge is -2.36. The summed E-state index contributed by atoms with van der Waals surface area (Å²) in [4.78, 5) is 8.98. The van der Waals surface area contributed by atoms with E-state index in [1.54, 1.807) is 13.3 Å². The van der Waals surface area contributed by atoms with Crippen molar-refractivity contribution in [3.05, 3.63) is 12.3 Å². The number of hydrogen-bond donors (Lipinski definition) is 1. The summed E-state index contributed by atoms with van der Waals surface area (Å²) in [7, 11) is 5.94. The second kappa shape index (κ2) is 5.44. The predicted molar refractivity (Wildman–Crippen MR) is 74.1 cm³/mol. The maximum Gasteiger partial charge on any atom is 0.171 e. The van der Waals surface area contributed by atoms with Crippen molar-refractivity contribution >= 4 is 11.5 Å². The van der Waals surface area contributed by atoms with E-state index in [9.17, 15) is 0 Å². The number of nitrogen functional groups attached to an aromatic ring is 1. The Kier molecular flexibility index (Phi) is 3.91. The van der Waals surface area contributed by atoms with Crippen LogP contribution in [0.3, 0.4) is 0 Å². The lowest BCUT2D eigenvalue weighted by atomic mass is 10.0. The molecule has 0 radical (unpaired) electrons. The molecule has 2 N–H and O–H groups in total. The van der Waals surface area contributed by atoms with Crippen molar-refractivity contribution in [3.8, 4) is 5.75 Å². The largest absolute Gasteiger partial charge is 0.493 e. The molecule has 0 saturated carbocycles. The average molecular weight is 250 g/mol. The monoisotopic (exact) mass is 250 g/mol. The smallest absolute Gasteiger partial charge is 0.171 e. The van der Waals surface area contributed by atoms with Gasteiger partial charge >= 0.3 is 0 Å². The fraction of sp³-hybridized carbons (Fsp3) is 0.615. The molecule has 0 unspecified atom stereocenters. The Hall–Kier alpha value is -1.49. The minimum atomic E-state index is 0.638. The molecule has 0 aromatic carbocycles. The minimum absolute atomic E-state index is 0.638. The van der Waals surface area contributed by atoms with Crippen molar-refractivity contribution in [1.29, 1.82) is 0 Å². The van der Waals surface area contributed by atoms with Gasteiger partial charge in [0.05, 0.1) is 19.0 Å². The van der Waals surface area contributed by atoms with Gasteiger partial charge in [-0.2, -0.15) is 0 Å². The molecular formula is C13H22N4O. The zero-order chi connectivity index (χ0) is 13.1. The van der Waals surface area contributed by atoms with E-state index in [4.69, 9.17) is 10.5 Å². The summed E-state index contributed by atoms with van der Waals surface area (Å²) < 4.78 is 5.36. The second-order valence-electron chi connectivity index (χ2n) is 4.98. The quantitative estimate of drug-likeness (QED) is 0.873. The number of methoxy groups -OCH3 is 1. The first kappa shape index (κ1) is 13.0. The molecule has 0 spiro atoms. The summed E-state index contributed by atoms with van der Waals surface area (Å²) in [6.07, 6.45) is 4.00. The van der Waals surface area contributed by atoms with E-state index in [2.05, 4.69) is 28.9 Å². The van der Waals surface area contributed by atoms with Crippen LogP contribution in [0.25, 0.3) is 0 Å². The van der Waals surface area contributed by atoms with Crippen LogP contribution in [0.1, 0.15) is 12.8 Å². The third kappa shape index (κ3) is 2.67. The molecule has 1 aliphatic rings. The third-order valence-electron chi connectivity index (χ3n) is 3.57. The first-order valence-corrected chi connectivity index (χ1v) is 6.32. The standard InChI is InChI=1S/C13H22N4O/c1-16(2)11-4-6-17(7-5-11)13-12(18-3)8-10(14)9-15-13/h8-9,11H,4-7,14H2,1-3H3. The lowest BCUT2D eigenvalue weighted by Crippen LogP contribution is -2.42. The number of ether oxygens (including phenoxy) is 1. The van der Waals surface area contributed by atoms with Crippen molar-refractivity contribution in [3.63, 3.8) is 0 Å². The van der Waals surface area contributed by atoms with Crippen LogP contribution in [0.15, 0.2) is 12.3 Å². The van der Waals surface area contributed by atoms with Gasteiger partial charge < -0.3 is 20.3 Å². The van der Waals surface area contributed by atoms with Gasteiger partial charge in [-0.05, 0) is 26.9 Å². The molecule has 1 aromatic heterocycles. The van der Waals surface area contributed by atoms with Crippen molar-refractivity contribution in [2.24, 2.45) is 0 Å². The van der Waals surface area contributed by atoms with E-state index < -0.39 is 0 Å². The van der Waals surface area contributed by atoms with Crippen LogP contribution in [-0.4, -0.2) is 50.2 Å². The highest BCUT2D eigenvalue weighted by atomic mass is 16.5. The van der Waals surface area contributed by atoms with E-state index in [1.165, 1.54) is 0 Å². The van der Waals surface area contributed by atoms with Crippen LogP contribution in [0.2, 0.25) is 0 Å². The van der Waals surface area contributed by atoms with Crippen LogP contribution >= 0.6 is 0 Å². The Balaban J connectivity index is 2.09. The molecular weight excluding hydrogens is 228 g/mol. The second-order valence-corrected chi connectivity index (χ2v) is 4.98. The highest BCUT2D eigenvalue weighted by molar-refractivity contribution is 5.58. The zero-order valence-electron chi connectivity index (χ0n) is 11.4. The van der Waals surface area contributed by atoms with Crippen LogP contribution in [0.5, 0.6) is 5.75 Å². The van der Waals surface area contributed by atoms with Gasteiger partial charge in [-0.3, -0.25) is 0 Å². The first-order valence-electron chi connectivity index (χ1n) is 6.32. The van der Waals surface area contributed by atoms with Gasteiger partial charge in [0.25, 0.3) is 0 Å². The van der Waals surface area contributed by atoms with Crippen molar-refractivity contribution in [2.45, 2.75) is 18.9 Å². The van der Waals surface area contributed by atoms with Gasteiger partial charge in [0, 0.05) is 25.2 Å². The normalized spacial score (nSPS) is 17.2. The molecule has 0 amide bonds. The molecule has 2 heterocycles. The Labute approximate surface area is 109 Å². The van der Waals surface area contributed by atoms with Gasteiger partial charge in [-0.15, -0.1) is 0 Å². The molecule has 5 nitrogen and oxygen atoms in total.